The maximum Gasteiger partial charge on any atom is 0.269 e. The second-order valence-corrected chi connectivity index (χ2v) is 6.69. The Hall–Kier alpha value is -3.26. The summed E-state index contributed by atoms with van der Waals surface area (Å²) in [5.41, 5.74) is 5.02. The first kappa shape index (κ1) is 19.5. The Bertz CT molecular complexity index is 993. The maximum atomic E-state index is 13.0. The summed E-state index contributed by atoms with van der Waals surface area (Å²) in [7, 11) is 0. The second kappa shape index (κ2) is 9.09. The van der Waals surface area contributed by atoms with E-state index in [1.165, 1.54) is 24.3 Å². The van der Waals surface area contributed by atoms with E-state index in [-0.39, 0.29) is 11.5 Å². The third-order valence-corrected chi connectivity index (χ3v) is 4.25. The zero-order chi connectivity index (χ0) is 19.9. The van der Waals surface area contributed by atoms with Crippen molar-refractivity contribution < 1.29 is 14.1 Å². The number of nitro benzene ring substituents is 1. The first-order chi connectivity index (χ1) is 13.5. The number of rotatable bonds is 7. The Labute approximate surface area is 168 Å². The van der Waals surface area contributed by atoms with E-state index >= 15 is 0 Å². The van der Waals surface area contributed by atoms with E-state index in [9.17, 15) is 14.5 Å². The monoisotopic (exact) mass is 443 g/mol. The van der Waals surface area contributed by atoms with Crippen LogP contribution in [0.25, 0.3) is 0 Å². The van der Waals surface area contributed by atoms with Gasteiger partial charge in [-0.2, -0.15) is 5.10 Å². The van der Waals surface area contributed by atoms with Crippen molar-refractivity contribution in [3.05, 3.63) is 98.3 Å². The number of nitrogens with zero attached hydrogens (tertiary/aromatic N) is 2. The lowest BCUT2D eigenvalue weighted by Gasteiger charge is -2.10. The van der Waals surface area contributed by atoms with Gasteiger partial charge in [0, 0.05) is 22.2 Å². The predicted molar refractivity (Wildman–Crippen MR) is 109 cm³/mol. The van der Waals surface area contributed by atoms with E-state index in [0.717, 1.165) is 15.6 Å². The molecule has 3 rings (SSSR count). The molecule has 0 saturated heterocycles. The highest BCUT2D eigenvalue weighted by Gasteiger charge is 2.05. The van der Waals surface area contributed by atoms with Crippen molar-refractivity contribution in [2.75, 3.05) is 5.43 Å². The summed E-state index contributed by atoms with van der Waals surface area (Å²) in [6.45, 7) is 0.290. The Kier molecular flexibility index (Phi) is 6.33. The molecule has 0 bridgehead atoms. The van der Waals surface area contributed by atoms with Gasteiger partial charge in [-0.05, 0) is 48.0 Å². The largest absolute Gasteiger partial charge is 0.488 e. The molecule has 0 radical (unpaired) electrons. The molecule has 0 amide bonds. The molecule has 3 aromatic carbocycles. The molecule has 1 N–H and O–H groups in total. The number of hydrazone groups is 1. The zero-order valence-corrected chi connectivity index (χ0v) is 16.1. The van der Waals surface area contributed by atoms with Gasteiger partial charge in [-0.15, -0.1) is 0 Å². The summed E-state index contributed by atoms with van der Waals surface area (Å²) in [6.07, 6.45) is 1.59. The van der Waals surface area contributed by atoms with Crippen LogP contribution < -0.4 is 10.2 Å². The van der Waals surface area contributed by atoms with Gasteiger partial charge < -0.3 is 4.74 Å². The van der Waals surface area contributed by atoms with Gasteiger partial charge in [0.25, 0.3) is 5.69 Å². The predicted octanol–water partition coefficient (Wildman–Crippen LogP) is 5.52. The van der Waals surface area contributed by atoms with E-state index in [1.54, 1.807) is 36.5 Å². The van der Waals surface area contributed by atoms with E-state index in [2.05, 4.69) is 26.5 Å². The van der Waals surface area contributed by atoms with Gasteiger partial charge in [0.15, 0.2) is 0 Å². The fourth-order valence-electron chi connectivity index (χ4n) is 2.33. The SMILES string of the molecule is O=[N+]([O-])c1ccc(N/N=C\c2cc(Br)ccc2OCc2ccc(F)cc2)cc1. The molecule has 0 aromatic heterocycles. The summed E-state index contributed by atoms with van der Waals surface area (Å²) < 4.78 is 19.7. The topological polar surface area (TPSA) is 76.8 Å². The van der Waals surface area contributed by atoms with Crippen LogP contribution in [-0.4, -0.2) is 11.1 Å². The lowest BCUT2D eigenvalue weighted by Crippen LogP contribution is -1.99. The molecule has 0 unspecified atom stereocenters. The summed E-state index contributed by atoms with van der Waals surface area (Å²) in [5.74, 6) is 0.319. The van der Waals surface area contributed by atoms with Gasteiger partial charge in [-0.1, -0.05) is 28.1 Å². The highest BCUT2D eigenvalue weighted by molar-refractivity contribution is 9.10. The fourth-order valence-corrected chi connectivity index (χ4v) is 2.71. The summed E-state index contributed by atoms with van der Waals surface area (Å²) in [5, 5.41) is 14.8. The second-order valence-electron chi connectivity index (χ2n) is 5.77. The first-order valence-corrected chi connectivity index (χ1v) is 9.01. The molecule has 28 heavy (non-hydrogen) atoms. The molecule has 0 saturated carbocycles. The Morgan fingerprint density at radius 1 is 1.11 bits per heavy atom. The normalized spacial score (nSPS) is 10.8. The Balaban J connectivity index is 1.68. The maximum absolute atomic E-state index is 13.0. The summed E-state index contributed by atoms with van der Waals surface area (Å²) in [6, 6.07) is 17.5. The van der Waals surface area contributed by atoms with Crippen LogP contribution in [0.5, 0.6) is 5.75 Å². The minimum Gasteiger partial charge on any atom is -0.488 e. The molecule has 0 atom stereocenters. The van der Waals surface area contributed by atoms with Gasteiger partial charge >= 0.3 is 0 Å². The molecule has 0 aliphatic carbocycles. The highest BCUT2D eigenvalue weighted by Crippen LogP contribution is 2.23. The number of nitro groups is 1. The molecule has 8 heteroatoms. The van der Waals surface area contributed by atoms with Crippen LogP contribution in [0.3, 0.4) is 0 Å². The molecule has 0 heterocycles. The lowest BCUT2D eigenvalue weighted by molar-refractivity contribution is -0.384. The highest BCUT2D eigenvalue weighted by atomic mass is 79.9. The first-order valence-electron chi connectivity index (χ1n) is 8.21. The summed E-state index contributed by atoms with van der Waals surface area (Å²) in [4.78, 5) is 10.2. The number of hydrogen-bond acceptors (Lipinski definition) is 5. The summed E-state index contributed by atoms with van der Waals surface area (Å²) >= 11 is 3.42. The van der Waals surface area contributed by atoms with Crippen LogP contribution in [0.15, 0.2) is 76.3 Å². The van der Waals surface area contributed by atoms with Crippen molar-refractivity contribution in [3.8, 4) is 5.75 Å². The third-order valence-electron chi connectivity index (χ3n) is 3.75. The zero-order valence-electron chi connectivity index (χ0n) is 14.5. The van der Waals surface area contributed by atoms with Crippen molar-refractivity contribution in [1.29, 1.82) is 0 Å². The molecule has 142 valence electrons. The average molecular weight is 444 g/mol. The van der Waals surface area contributed by atoms with E-state index in [1.807, 2.05) is 12.1 Å². The standard InChI is InChI=1S/C20H15BrFN3O3/c21-16-3-10-20(28-13-14-1-4-17(22)5-2-14)15(11-16)12-23-24-18-6-8-19(9-7-18)25(26)27/h1-12,24H,13H2/b23-12-. The number of halogens is 2. The van der Waals surface area contributed by atoms with Crippen LogP contribution in [-0.2, 0) is 6.61 Å². The van der Waals surface area contributed by atoms with Crippen molar-refractivity contribution in [3.63, 3.8) is 0 Å². The van der Waals surface area contributed by atoms with Crippen molar-refractivity contribution in [2.45, 2.75) is 6.61 Å². The van der Waals surface area contributed by atoms with Crippen LogP contribution in [0.2, 0.25) is 0 Å². The number of ether oxygens (including phenoxy) is 1. The molecular weight excluding hydrogens is 429 g/mol. The molecule has 0 aliphatic rings. The van der Waals surface area contributed by atoms with Crippen molar-refractivity contribution in [1.82, 2.24) is 0 Å². The molecule has 0 spiro atoms. The number of hydrogen-bond donors (Lipinski definition) is 1. The van der Waals surface area contributed by atoms with Crippen LogP contribution in [0, 0.1) is 15.9 Å². The van der Waals surface area contributed by atoms with Crippen LogP contribution in [0.4, 0.5) is 15.8 Å². The van der Waals surface area contributed by atoms with Gasteiger partial charge in [0.1, 0.15) is 18.2 Å². The molecule has 6 nitrogen and oxygen atoms in total. The number of non-ortho nitro benzene ring substituents is 1. The molecule has 3 aromatic rings. The fraction of sp³-hybridized carbons (Fsp3) is 0.0500. The van der Waals surface area contributed by atoms with Crippen molar-refractivity contribution >= 4 is 33.5 Å². The number of nitrogens with one attached hydrogen (secondary N) is 1. The minimum absolute atomic E-state index is 0.0120. The lowest BCUT2D eigenvalue weighted by atomic mass is 10.2. The van der Waals surface area contributed by atoms with Gasteiger partial charge in [-0.25, -0.2) is 4.39 Å². The molecule has 0 aliphatic heterocycles. The Morgan fingerprint density at radius 2 is 1.82 bits per heavy atom. The van der Waals surface area contributed by atoms with E-state index < -0.39 is 4.92 Å². The third kappa shape index (κ3) is 5.37. The van der Waals surface area contributed by atoms with Crippen LogP contribution in [0.1, 0.15) is 11.1 Å². The van der Waals surface area contributed by atoms with E-state index in [4.69, 9.17) is 4.74 Å². The molecule has 0 fully saturated rings. The molecular formula is C20H15BrFN3O3. The van der Waals surface area contributed by atoms with E-state index in [0.29, 0.717) is 18.0 Å². The van der Waals surface area contributed by atoms with Crippen molar-refractivity contribution in [2.24, 2.45) is 5.10 Å². The quantitative estimate of drug-likeness (QED) is 0.296. The van der Waals surface area contributed by atoms with Gasteiger partial charge in [0.2, 0.25) is 0 Å². The average Bonchev–Trinajstić information content (AvgIpc) is 2.69. The minimum atomic E-state index is -0.459. The number of benzene rings is 3. The number of anilines is 1. The van der Waals surface area contributed by atoms with Gasteiger partial charge in [-0.3, -0.25) is 15.5 Å². The van der Waals surface area contributed by atoms with Gasteiger partial charge in [0.05, 0.1) is 16.8 Å². The smallest absolute Gasteiger partial charge is 0.269 e. The Morgan fingerprint density at radius 3 is 2.50 bits per heavy atom. The van der Waals surface area contributed by atoms with Crippen LogP contribution >= 0.6 is 15.9 Å².